The zero-order valence-electron chi connectivity index (χ0n) is 12.5. The zero-order valence-corrected chi connectivity index (χ0v) is 13.3. The SMILES string of the molecule is COCCc1nsc(NCc2cccc3c2OCCCO3)n1. The molecule has 0 saturated carbocycles. The highest BCUT2D eigenvalue weighted by molar-refractivity contribution is 7.09. The molecule has 1 aromatic heterocycles. The van der Waals surface area contributed by atoms with E-state index in [0.29, 0.717) is 26.4 Å². The smallest absolute Gasteiger partial charge is 0.202 e. The fourth-order valence-electron chi connectivity index (χ4n) is 2.18. The van der Waals surface area contributed by atoms with E-state index in [9.17, 15) is 0 Å². The minimum Gasteiger partial charge on any atom is -0.490 e. The molecule has 22 heavy (non-hydrogen) atoms. The largest absolute Gasteiger partial charge is 0.490 e. The standard InChI is InChI=1S/C15H19N3O3S/c1-19-9-6-13-17-15(22-18-13)16-10-11-4-2-5-12-14(11)21-8-3-7-20-12/h2,4-5H,3,6-10H2,1H3,(H,16,17,18). The van der Waals surface area contributed by atoms with Gasteiger partial charge in [0.05, 0.1) is 19.8 Å². The number of fused-ring (bicyclic) bond motifs is 1. The number of anilines is 1. The van der Waals surface area contributed by atoms with E-state index in [0.717, 1.165) is 40.9 Å². The van der Waals surface area contributed by atoms with Crippen LogP contribution in [0.25, 0.3) is 0 Å². The quantitative estimate of drug-likeness (QED) is 0.882. The summed E-state index contributed by atoms with van der Waals surface area (Å²) in [5.74, 6) is 2.45. The summed E-state index contributed by atoms with van der Waals surface area (Å²) in [6.45, 7) is 2.64. The molecule has 2 aromatic rings. The van der Waals surface area contributed by atoms with Crippen LogP contribution in [0.15, 0.2) is 18.2 Å². The minimum atomic E-state index is 0.630. The second kappa shape index (κ2) is 7.42. The van der Waals surface area contributed by atoms with E-state index in [2.05, 4.69) is 14.7 Å². The Bertz CT molecular complexity index is 618. The molecule has 6 nitrogen and oxygen atoms in total. The Balaban J connectivity index is 1.65. The van der Waals surface area contributed by atoms with Gasteiger partial charge in [0.1, 0.15) is 5.82 Å². The number of rotatable bonds is 6. The number of nitrogens with one attached hydrogen (secondary N) is 1. The van der Waals surface area contributed by atoms with Crippen molar-refractivity contribution >= 4 is 16.7 Å². The highest BCUT2D eigenvalue weighted by atomic mass is 32.1. The normalized spacial score (nSPS) is 13.7. The van der Waals surface area contributed by atoms with Crippen LogP contribution in [0.2, 0.25) is 0 Å². The Morgan fingerprint density at radius 3 is 3.14 bits per heavy atom. The second-order valence-electron chi connectivity index (χ2n) is 4.91. The molecule has 0 aliphatic carbocycles. The van der Waals surface area contributed by atoms with Crippen LogP contribution in [0.5, 0.6) is 11.5 Å². The van der Waals surface area contributed by atoms with E-state index in [4.69, 9.17) is 14.2 Å². The number of methoxy groups -OCH3 is 1. The van der Waals surface area contributed by atoms with E-state index >= 15 is 0 Å². The summed E-state index contributed by atoms with van der Waals surface area (Å²) in [5, 5.41) is 4.10. The van der Waals surface area contributed by atoms with E-state index in [1.807, 2.05) is 18.2 Å². The molecule has 118 valence electrons. The fourth-order valence-corrected chi connectivity index (χ4v) is 2.79. The van der Waals surface area contributed by atoms with Crippen molar-refractivity contribution in [2.75, 3.05) is 32.2 Å². The Hall–Kier alpha value is -1.86. The lowest BCUT2D eigenvalue weighted by molar-refractivity contribution is 0.201. The summed E-state index contributed by atoms with van der Waals surface area (Å²) in [6, 6.07) is 5.96. The summed E-state index contributed by atoms with van der Waals surface area (Å²) in [6.07, 6.45) is 1.63. The molecule has 0 radical (unpaired) electrons. The van der Waals surface area contributed by atoms with Gasteiger partial charge >= 0.3 is 0 Å². The topological polar surface area (TPSA) is 65.5 Å². The van der Waals surface area contributed by atoms with Crippen molar-refractivity contribution in [3.63, 3.8) is 0 Å². The molecule has 0 bridgehead atoms. The van der Waals surface area contributed by atoms with Gasteiger partial charge in [-0.05, 0) is 6.07 Å². The summed E-state index contributed by atoms with van der Waals surface area (Å²) < 4.78 is 20.8. The van der Waals surface area contributed by atoms with Gasteiger partial charge in [0.15, 0.2) is 11.5 Å². The lowest BCUT2D eigenvalue weighted by Crippen LogP contribution is -2.04. The van der Waals surface area contributed by atoms with Gasteiger partial charge in [-0.15, -0.1) is 0 Å². The number of benzene rings is 1. The van der Waals surface area contributed by atoms with Gasteiger partial charge in [0, 0.05) is 43.6 Å². The van der Waals surface area contributed by atoms with Crippen molar-refractivity contribution in [2.45, 2.75) is 19.4 Å². The molecular weight excluding hydrogens is 302 g/mol. The molecule has 0 fully saturated rings. The number of hydrogen-bond donors (Lipinski definition) is 1. The van der Waals surface area contributed by atoms with Crippen molar-refractivity contribution in [3.8, 4) is 11.5 Å². The lowest BCUT2D eigenvalue weighted by atomic mass is 10.2. The molecule has 0 spiro atoms. The maximum Gasteiger partial charge on any atom is 0.202 e. The summed E-state index contributed by atoms with van der Waals surface area (Å²) in [4.78, 5) is 4.44. The third kappa shape index (κ3) is 3.66. The van der Waals surface area contributed by atoms with Gasteiger partial charge in [-0.2, -0.15) is 4.37 Å². The van der Waals surface area contributed by atoms with E-state index < -0.39 is 0 Å². The summed E-state index contributed by atoms with van der Waals surface area (Å²) >= 11 is 1.36. The van der Waals surface area contributed by atoms with Gasteiger partial charge in [0.25, 0.3) is 0 Å². The third-order valence-electron chi connectivity index (χ3n) is 3.28. The van der Waals surface area contributed by atoms with Crippen molar-refractivity contribution in [1.82, 2.24) is 9.36 Å². The van der Waals surface area contributed by atoms with Crippen LogP contribution >= 0.6 is 11.5 Å². The summed E-state index contributed by atoms with van der Waals surface area (Å²) in [7, 11) is 1.68. The van der Waals surface area contributed by atoms with Crippen LogP contribution in [0.4, 0.5) is 5.13 Å². The average molecular weight is 321 g/mol. The highest BCUT2D eigenvalue weighted by Gasteiger charge is 2.14. The monoisotopic (exact) mass is 321 g/mol. The molecule has 0 unspecified atom stereocenters. The van der Waals surface area contributed by atoms with Crippen LogP contribution in [-0.4, -0.2) is 36.3 Å². The number of hydrogen-bond acceptors (Lipinski definition) is 7. The maximum atomic E-state index is 5.81. The Morgan fingerprint density at radius 1 is 1.32 bits per heavy atom. The van der Waals surface area contributed by atoms with Crippen molar-refractivity contribution in [3.05, 3.63) is 29.6 Å². The molecule has 0 saturated heterocycles. The van der Waals surface area contributed by atoms with Crippen molar-refractivity contribution in [1.29, 1.82) is 0 Å². The van der Waals surface area contributed by atoms with Gasteiger partial charge < -0.3 is 19.5 Å². The van der Waals surface area contributed by atoms with Crippen molar-refractivity contribution < 1.29 is 14.2 Å². The molecule has 0 atom stereocenters. The Morgan fingerprint density at radius 2 is 2.23 bits per heavy atom. The zero-order chi connectivity index (χ0) is 15.2. The fraction of sp³-hybridized carbons (Fsp3) is 0.467. The first kappa shape index (κ1) is 15.1. The van der Waals surface area contributed by atoms with E-state index in [1.165, 1.54) is 11.5 Å². The Labute approximate surface area is 133 Å². The van der Waals surface area contributed by atoms with Gasteiger partial charge in [-0.1, -0.05) is 12.1 Å². The number of aromatic nitrogens is 2. The maximum absolute atomic E-state index is 5.81. The van der Waals surface area contributed by atoms with Crippen LogP contribution in [0.3, 0.4) is 0 Å². The van der Waals surface area contributed by atoms with Gasteiger partial charge in [-0.3, -0.25) is 0 Å². The molecule has 0 amide bonds. The molecule has 1 aliphatic heterocycles. The third-order valence-corrected chi connectivity index (χ3v) is 3.99. The van der Waals surface area contributed by atoms with Gasteiger partial charge in [0.2, 0.25) is 5.13 Å². The highest BCUT2D eigenvalue weighted by Crippen LogP contribution is 2.33. The lowest BCUT2D eigenvalue weighted by Gasteiger charge is -2.12. The molecule has 7 heteroatoms. The summed E-state index contributed by atoms with van der Waals surface area (Å²) in [5.41, 5.74) is 1.06. The number of nitrogens with zero attached hydrogens (tertiary/aromatic N) is 2. The van der Waals surface area contributed by atoms with E-state index in [1.54, 1.807) is 7.11 Å². The van der Waals surface area contributed by atoms with Crippen molar-refractivity contribution in [2.24, 2.45) is 0 Å². The van der Waals surface area contributed by atoms with Crippen LogP contribution < -0.4 is 14.8 Å². The molecule has 2 heterocycles. The minimum absolute atomic E-state index is 0.630. The van der Waals surface area contributed by atoms with Crippen LogP contribution in [0, 0.1) is 0 Å². The first-order valence-corrected chi connectivity index (χ1v) is 8.07. The number of para-hydroxylation sites is 1. The van der Waals surface area contributed by atoms with Crippen LogP contribution in [0.1, 0.15) is 17.8 Å². The Kier molecular flexibility index (Phi) is 5.07. The molecule has 1 aromatic carbocycles. The molecular formula is C15H19N3O3S. The second-order valence-corrected chi connectivity index (χ2v) is 5.66. The first-order valence-electron chi connectivity index (χ1n) is 7.29. The predicted octanol–water partition coefficient (Wildman–Crippen LogP) is 2.50. The van der Waals surface area contributed by atoms with E-state index in [-0.39, 0.29) is 0 Å². The molecule has 1 aliphatic rings. The molecule has 1 N–H and O–H groups in total. The average Bonchev–Trinajstić information content (AvgIpc) is 2.85. The van der Waals surface area contributed by atoms with Crippen LogP contribution in [-0.2, 0) is 17.7 Å². The molecule has 3 rings (SSSR count). The first-order chi connectivity index (χ1) is 10.9. The van der Waals surface area contributed by atoms with Gasteiger partial charge in [-0.25, -0.2) is 4.98 Å². The number of ether oxygens (including phenoxy) is 3. The predicted molar refractivity (Wildman–Crippen MR) is 84.9 cm³/mol.